The normalized spacial score (nSPS) is 19.0. The molecule has 2 aromatic rings. The van der Waals surface area contributed by atoms with E-state index in [1.165, 1.54) is 25.4 Å². The summed E-state index contributed by atoms with van der Waals surface area (Å²) in [5.41, 5.74) is 2.76. The number of ether oxygens (including phenoxy) is 2. The van der Waals surface area contributed by atoms with Gasteiger partial charge < -0.3 is 14.4 Å². The van der Waals surface area contributed by atoms with Gasteiger partial charge in [0.25, 0.3) is 5.91 Å². The highest BCUT2D eigenvalue weighted by Crippen LogP contribution is 2.31. The standard InChI is InChI=1S/C19H20FN3O4/c1-26-19(25)14-8-12(20)7-11-10-23(5-4-13(11)14)18(24)15-9-21-22-17(15)16-3-2-6-27-16/h7-9,16H,2-6,10H2,1H3,(H,21,22). The van der Waals surface area contributed by atoms with Crippen LogP contribution < -0.4 is 0 Å². The maximum atomic E-state index is 14.0. The molecule has 142 valence electrons. The summed E-state index contributed by atoms with van der Waals surface area (Å²) in [5.74, 6) is -1.27. The van der Waals surface area contributed by atoms with E-state index in [4.69, 9.17) is 9.47 Å². The van der Waals surface area contributed by atoms with E-state index < -0.39 is 11.8 Å². The smallest absolute Gasteiger partial charge is 0.338 e. The fourth-order valence-electron chi connectivity index (χ4n) is 3.81. The average molecular weight is 373 g/mol. The molecule has 27 heavy (non-hydrogen) atoms. The van der Waals surface area contributed by atoms with Crippen LogP contribution in [0.4, 0.5) is 4.39 Å². The Kier molecular flexibility index (Phi) is 4.65. The first-order valence-corrected chi connectivity index (χ1v) is 8.92. The third-order valence-electron chi connectivity index (χ3n) is 5.14. The number of fused-ring (bicyclic) bond motifs is 1. The summed E-state index contributed by atoms with van der Waals surface area (Å²) in [4.78, 5) is 26.6. The molecule has 2 aliphatic rings. The number of aromatic nitrogens is 2. The minimum absolute atomic E-state index is 0.146. The molecule has 1 N–H and O–H groups in total. The van der Waals surface area contributed by atoms with Crippen molar-refractivity contribution in [1.82, 2.24) is 15.1 Å². The Morgan fingerprint density at radius 3 is 2.96 bits per heavy atom. The van der Waals surface area contributed by atoms with Crippen LogP contribution in [0.15, 0.2) is 18.3 Å². The summed E-state index contributed by atoms with van der Waals surface area (Å²) in [7, 11) is 1.27. The minimum atomic E-state index is -0.568. The van der Waals surface area contributed by atoms with E-state index in [0.717, 1.165) is 18.4 Å². The first kappa shape index (κ1) is 17.7. The van der Waals surface area contributed by atoms with Crippen LogP contribution in [0, 0.1) is 5.82 Å². The summed E-state index contributed by atoms with van der Waals surface area (Å²) in [5, 5.41) is 6.90. The van der Waals surface area contributed by atoms with Gasteiger partial charge in [0.15, 0.2) is 0 Å². The molecule has 0 radical (unpaired) electrons. The Labute approximate surface area is 155 Å². The number of amides is 1. The number of nitrogens with one attached hydrogen (secondary N) is 1. The molecular formula is C19H20FN3O4. The topological polar surface area (TPSA) is 84.5 Å². The lowest BCUT2D eigenvalue weighted by Gasteiger charge is -2.30. The van der Waals surface area contributed by atoms with Gasteiger partial charge in [-0.05, 0) is 42.5 Å². The fraction of sp³-hybridized carbons (Fsp3) is 0.421. The molecule has 1 fully saturated rings. The van der Waals surface area contributed by atoms with Crippen molar-refractivity contribution in [1.29, 1.82) is 0 Å². The van der Waals surface area contributed by atoms with Crippen LogP contribution in [-0.2, 0) is 22.4 Å². The molecule has 1 aromatic heterocycles. The molecule has 2 aliphatic heterocycles. The van der Waals surface area contributed by atoms with Crippen molar-refractivity contribution in [2.45, 2.75) is 31.9 Å². The van der Waals surface area contributed by atoms with Crippen LogP contribution in [0.1, 0.15) is 56.5 Å². The van der Waals surface area contributed by atoms with Gasteiger partial charge in [0, 0.05) is 19.7 Å². The van der Waals surface area contributed by atoms with E-state index in [1.54, 1.807) is 4.90 Å². The lowest BCUT2D eigenvalue weighted by molar-refractivity contribution is 0.0597. The monoisotopic (exact) mass is 373 g/mol. The highest BCUT2D eigenvalue weighted by molar-refractivity contribution is 5.96. The molecule has 1 unspecified atom stereocenters. The maximum Gasteiger partial charge on any atom is 0.338 e. The largest absolute Gasteiger partial charge is 0.465 e. The predicted molar refractivity (Wildman–Crippen MR) is 92.7 cm³/mol. The molecule has 0 aliphatic carbocycles. The number of aromatic amines is 1. The Balaban J connectivity index is 1.60. The van der Waals surface area contributed by atoms with Crippen LogP contribution in [0.25, 0.3) is 0 Å². The first-order chi connectivity index (χ1) is 13.1. The molecular weight excluding hydrogens is 353 g/mol. The second-order valence-electron chi connectivity index (χ2n) is 6.76. The molecule has 1 amide bonds. The number of nitrogens with zero attached hydrogens (tertiary/aromatic N) is 2. The first-order valence-electron chi connectivity index (χ1n) is 8.92. The van der Waals surface area contributed by atoms with Gasteiger partial charge in [-0.3, -0.25) is 9.89 Å². The summed E-state index contributed by atoms with van der Waals surface area (Å²) < 4.78 is 24.4. The van der Waals surface area contributed by atoms with Crippen LogP contribution in [0.2, 0.25) is 0 Å². The zero-order valence-corrected chi connectivity index (χ0v) is 15.0. The maximum absolute atomic E-state index is 14.0. The molecule has 8 heteroatoms. The third-order valence-corrected chi connectivity index (χ3v) is 5.14. The molecule has 4 rings (SSSR count). The summed E-state index contributed by atoms with van der Waals surface area (Å²) in [6, 6.07) is 2.56. The Morgan fingerprint density at radius 1 is 1.37 bits per heavy atom. The lowest BCUT2D eigenvalue weighted by Crippen LogP contribution is -2.37. The number of H-pyrrole nitrogens is 1. The Morgan fingerprint density at radius 2 is 2.22 bits per heavy atom. The van der Waals surface area contributed by atoms with Crippen molar-refractivity contribution in [3.05, 3.63) is 52.1 Å². The quantitative estimate of drug-likeness (QED) is 0.835. The number of benzene rings is 1. The second kappa shape index (κ2) is 7.11. The summed E-state index contributed by atoms with van der Waals surface area (Å²) >= 11 is 0. The molecule has 1 saturated heterocycles. The zero-order chi connectivity index (χ0) is 19.0. The summed E-state index contributed by atoms with van der Waals surface area (Å²) in [6.07, 6.45) is 3.62. The van der Waals surface area contributed by atoms with Crippen LogP contribution in [0.5, 0.6) is 0 Å². The van der Waals surface area contributed by atoms with E-state index >= 15 is 0 Å². The number of carbonyl (C=O) groups is 2. The number of hydrogen-bond donors (Lipinski definition) is 1. The number of hydrogen-bond acceptors (Lipinski definition) is 5. The van der Waals surface area contributed by atoms with Crippen molar-refractivity contribution in [2.24, 2.45) is 0 Å². The Bertz CT molecular complexity index is 889. The average Bonchev–Trinajstić information content (AvgIpc) is 3.36. The molecule has 0 spiro atoms. The number of rotatable bonds is 3. The third kappa shape index (κ3) is 3.21. The lowest BCUT2D eigenvalue weighted by atomic mass is 9.93. The van der Waals surface area contributed by atoms with E-state index in [-0.39, 0.29) is 24.1 Å². The van der Waals surface area contributed by atoms with Gasteiger partial charge in [0.2, 0.25) is 0 Å². The van der Waals surface area contributed by atoms with E-state index in [9.17, 15) is 14.0 Å². The minimum Gasteiger partial charge on any atom is -0.465 e. The van der Waals surface area contributed by atoms with Crippen LogP contribution in [-0.4, -0.2) is 47.2 Å². The van der Waals surface area contributed by atoms with Crippen molar-refractivity contribution in [2.75, 3.05) is 20.3 Å². The van der Waals surface area contributed by atoms with Gasteiger partial charge in [0.1, 0.15) is 5.82 Å². The molecule has 0 bridgehead atoms. The highest BCUT2D eigenvalue weighted by atomic mass is 19.1. The Hall–Kier alpha value is -2.74. The van der Waals surface area contributed by atoms with Crippen molar-refractivity contribution in [3.63, 3.8) is 0 Å². The number of methoxy groups -OCH3 is 1. The van der Waals surface area contributed by atoms with Crippen LogP contribution in [0.3, 0.4) is 0 Å². The van der Waals surface area contributed by atoms with Crippen molar-refractivity contribution < 1.29 is 23.5 Å². The highest BCUT2D eigenvalue weighted by Gasteiger charge is 2.31. The molecule has 1 aromatic carbocycles. The predicted octanol–water partition coefficient (Wildman–Crippen LogP) is 2.39. The molecule has 0 saturated carbocycles. The zero-order valence-electron chi connectivity index (χ0n) is 15.0. The van der Waals surface area contributed by atoms with Gasteiger partial charge in [-0.25, -0.2) is 9.18 Å². The molecule has 7 nitrogen and oxygen atoms in total. The SMILES string of the molecule is COC(=O)c1cc(F)cc2c1CCN(C(=O)c1cn[nH]c1C1CCCO1)C2. The van der Waals surface area contributed by atoms with Crippen molar-refractivity contribution in [3.8, 4) is 0 Å². The number of carbonyl (C=O) groups excluding carboxylic acids is 2. The molecule has 1 atom stereocenters. The van der Waals surface area contributed by atoms with Gasteiger partial charge in [-0.15, -0.1) is 0 Å². The second-order valence-corrected chi connectivity index (χ2v) is 6.76. The van der Waals surface area contributed by atoms with Gasteiger partial charge in [-0.1, -0.05) is 0 Å². The van der Waals surface area contributed by atoms with Crippen molar-refractivity contribution >= 4 is 11.9 Å². The van der Waals surface area contributed by atoms with Crippen LogP contribution >= 0.6 is 0 Å². The van der Waals surface area contributed by atoms with Gasteiger partial charge >= 0.3 is 5.97 Å². The van der Waals surface area contributed by atoms with E-state index in [2.05, 4.69) is 10.2 Å². The van der Waals surface area contributed by atoms with Gasteiger partial charge in [-0.2, -0.15) is 5.10 Å². The number of esters is 1. The summed E-state index contributed by atoms with van der Waals surface area (Å²) in [6.45, 7) is 1.33. The number of halogens is 1. The van der Waals surface area contributed by atoms with E-state index in [1.807, 2.05) is 0 Å². The molecule has 3 heterocycles. The van der Waals surface area contributed by atoms with Gasteiger partial charge in [0.05, 0.1) is 36.2 Å². The van der Waals surface area contributed by atoms with E-state index in [0.29, 0.717) is 36.4 Å². The fourth-order valence-corrected chi connectivity index (χ4v) is 3.81.